The first-order chi connectivity index (χ1) is 14.0. The molecule has 0 atom stereocenters. The second-order valence-electron chi connectivity index (χ2n) is 5.98. The molecule has 0 unspecified atom stereocenters. The highest BCUT2D eigenvalue weighted by Crippen LogP contribution is 2.27. The predicted octanol–water partition coefficient (Wildman–Crippen LogP) is 4.73. The molecule has 0 bridgehead atoms. The number of methoxy groups -OCH3 is 1. The van der Waals surface area contributed by atoms with Crippen molar-refractivity contribution in [2.24, 2.45) is 5.10 Å². The predicted molar refractivity (Wildman–Crippen MR) is 111 cm³/mol. The van der Waals surface area contributed by atoms with Gasteiger partial charge in [0.25, 0.3) is 0 Å². The van der Waals surface area contributed by atoms with Crippen LogP contribution in [0.25, 0.3) is 11.3 Å². The number of ether oxygens (including phenoxy) is 1. The van der Waals surface area contributed by atoms with Crippen LogP contribution < -0.4 is 5.43 Å². The zero-order valence-corrected chi connectivity index (χ0v) is 16.8. The van der Waals surface area contributed by atoms with Gasteiger partial charge in [-0.25, -0.2) is 10.2 Å². The second kappa shape index (κ2) is 9.41. The number of rotatable bonds is 6. The summed E-state index contributed by atoms with van der Waals surface area (Å²) in [4.78, 5) is 23.7. The quantitative estimate of drug-likeness (QED) is 0.348. The van der Waals surface area contributed by atoms with Crippen molar-refractivity contribution in [3.63, 3.8) is 0 Å². The minimum absolute atomic E-state index is 0.180. The fourth-order valence-corrected chi connectivity index (χ4v) is 2.84. The molecule has 0 radical (unpaired) electrons. The lowest BCUT2D eigenvalue weighted by molar-refractivity contribution is -0.120. The van der Waals surface area contributed by atoms with Crippen LogP contribution in [0.4, 0.5) is 0 Å². The molecular weight excluding hydrogens is 415 g/mol. The number of halogens is 2. The van der Waals surface area contributed by atoms with E-state index >= 15 is 0 Å². The van der Waals surface area contributed by atoms with Crippen LogP contribution in [0.2, 0.25) is 10.0 Å². The second-order valence-corrected chi connectivity index (χ2v) is 6.83. The summed E-state index contributed by atoms with van der Waals surface area (Å²) in [5, 5.41) is 4.80. The molecule has 0 aliphatic rings. The number of hydrogen-bond acceptors (Lipinski definition) is 5. The Morgan fingerprint density at radius 1 is 1.10 bits per heavy atom. The van der Waals surface area contributed by atoms with E-state index in [1.807, 2.05) is 0 Å². The highest BCUT2D eigenvalue weighted by molar-refractivity contribution is 6.33. The molecule has 148 valence electrons. The van der Waals surface area contributed by atoms with Crippen LogP contribution in [0.15, 0.2) is 64.1 Å². The average Bonchev–Trinajstić information content (AvgIpc) is 3.18. The van der Waals surface area contributed by atoms with Gasteiger partial charge in [-0.1, -0.05) is 35.3 Å². The van der Waals surface area contributed by atoms with Crippen LogP contribution in [0.5, 0.6) is 0 Å². The Hall–Kier alpha value is -3.09. The zero-order valence-electron chi connectivity index (χ0n) is 15.3. The van der Waals surface area contributed by atoms with Crippen molar-refractivity contribution in [3.05, 3.63) is 81.5 Å². The van der Waals surface area contributed by atoms with Crippen molar-refractivity contribution in [1.29, 1.82) is 0 Å². The molecule has 29 heavy (non-hydrogen) atoms. The van der Waals surface area contributed by atoms with E-state index in [1.165, 1.54) is 13.3 Å². The third-order valence-corrected chi connectivity index (χ3v) is 4.52. The van der Waals surface area contributed by atoms with E-state index in [-0.39, 0.29) is 22.9 Å². The maximum atomic E-state index is 11.9. The average molecular weight is 431 g/mol. The summed E-state index contributed by atoms with van der Waals surface area (Å²) in [7, 11) is 1.29. The van der Waals surface area contributed by atoms with E-state index in [4.69, 9.17) is 32.4 Å². The molecule has 1 amide bonds. The minimum atomic E-state index is -0.534. The normalized spacial score (nSPS) is 10.9. The van der Waals surface area contributed by atoms with E-state index in [2.05, 4.69) is 10.5 Å². The highest BCUT2D eigenvalue weighted by atomic mass is 35.5. The van der Waals surface area contributed by atoms with Crippen molar-refractivity contribution in [3.8, 4) is 11.3 Å². The van der Waals surface area contributed by atoms with Crippen molar-refractivity contribution >= 4 is 41.3 Å². The Kier molecular flexibility index (Phi) is 6.69. The SMILES string of the molecule is COC(=O)c1cc(-c2ccc(/C=N\NC(=O)Cc3ccc(Cl)cc3)o2)ccc1Cl. The largest absolute Gasteiger partial charge is 0.465 e. The first-order valence-electron chi connectivity index (χ1n) is 8.50. The molecule has 8 heteroatoms. The van der Waals surface area contributed by atoms with Crippen molar-refractivity contribution in [2.45, 2.75) is 6.42 Å². The van der Waals surface area contributed by atoms with Crippen LogP contribution in [0.1, 0.15) is 21.7 Å². The van der Waals surface area contributed by atoms with E-state index in [9.17, 15) is 9.59 Å². The summed E-state index contributed by atoms with van der Waals surface area (Å²) < 4.78 is 10.4. The molecule has 0 saturated heterocycles. The smallest absolute Gasteiger partial charge is 0.339 e. The molecule has 1 heterocycles. The van der Waals surface area contributed by atoms with Gasteiger partial charge in [-0.3, -0.25) is 4.79 Å². The zero-order chi connectivity index (χ0) is 20.8. The third-order valence-electron chi connectivity index (χ3n) is 3.94. The van der Waals surface area contributed by atoms with E-state index in [1.54, 1.807) is 54.6 Å². The van der Waals surface area contributed by atoms with Gasteiger partial charge in [-0.15, -0.1) is 0 Å². The molecular formula is C21H16Cl2N2O4. The molecule has 0 saturated carbocycles. The van der Waals surface area contributed by atoms with Gasteiger partial charge in [-0.05, 0) is 48.0 Å². The topological polar surface area (TPSA) is 80.9 Å². The lowest BCUT2D eigenvalue weighted by Crippen LogP contribution is -2.19. The molecule has 3 aromatic rings. The van der Waals surface area contributed by atoms with Gasteiger partial charge < -0.3 is 9.15 Å². The number of furan rings is 1. The number of hydrazone groups is 1. The van der Waals surface area contributed by atoms with Crippen LogP contribution in [0, 0.1) is 0 Å². The fraction of sp³-hybridized carbons (Fsp3) is 0.0952. The van der Waals surface area contributed by atoms with Crippen LogP contribution in [0.3, 0.4) is 0 Å². The Morgan fingerprint density at radius 2 is 1.86 bits per heavy atom. The maximum absolute atomic E-state index is 11.9. The van der Waals surface area contributed by atoms with Crippen LogP contribution in [-0.4, -0.2) is 25.2 Å². The minimum Gasteiger partial charge on any atom is -0.465 e. The third kappa shape index (κ3) is 5.47. The van der Waals surface area contributed by atoms with Gasteiger partial charge in [0.1, 0.15) is 11.5 Å². The molecule has 0 fully saturated rings. The molecule has 2 aromatic carbocycles. The summed E-state index contributed by atoms with van der Waals surface area (Å²) in [6.07, 6.45) is 1.57. The summed E-state index contributed by atoms with van der Waals surface area (Å²) in [6, 6.07) is 15.3. The number of nitrogens with one attached hydrogen (secondary N) is 1. The molecule has 1 N–H and O–H groups in total. The Morgan fingerprint density at radius 3 is 2.59 bits per heavy atom. The number of amides is 1. The van der Waals surface area contributed by atoms with Crippen molar-refractivity contribution in [1.82, 2.24) is 5.43 Å². The molecule has 1 aromatic heterocycles. The summed E-state index contributed by atoms with van der Waals surface area (Å²) in [5.74, 6) is 0.145. The lowest BCUT2D eigenvalue weighted by Gasteiger charge is -2.04. The van der Waals surface area contributed by atoms with Crippen LogP contribution >= 0.6 is 23.2 Å². The summed E-state index contributed by atoms with van der Waals surface area (Å²) in [5.41, 5.74) is 4.16. The number of carbonyl (C=O) groups excluding carboxylic acids is 2. The number of nitrogens with zero attached hydrogens (tertiary/aromatic N) is 1. The standard InChI is InChI=1S/C21H16Cl2N2O4/c1-28-21(27)17-11-14(4-8-18(17)23)19-9-7-16(29-19)12-24-25-20(26)10-13-2-5-15(22)6-3-13/h2-9,11-12H,10H2,1H3,(H,25,26)/b24-12-. The van der Waals surface area contributed by atoms with E-state index < -0.39 is 5.97 Å². The van der Waals surface area contributed by atoms with Gasteiger partial charge in [0.2, 0.25) is 5.91 Å². The van der Waals surface area contributed by atoms with Crippen LogP contribution in [-0.2, 0) is 16.0 Å². The van der Waals surface area contributed by atoms with Crippen molar-refractivity contribution < 1.29 is 18.7 Å². The number of carbonyl (C=O) groups is 2. The van der Waals surface area contributed by atoms with E-state index in [0.717, 1.165) is 5.56 Å². The van der Waals surface area contributed by atoms with Gasteiger partial charge in [0.05, 0.1) is 30.3 Å². The summed E-state index contributed by atoms with van der Waals surface area (Å²) in [6.45, 7) is 0. The molecule has 3 rings (SSSR count). The van der Waals surface area contributed by atoms with Gasteiger partial charge in [0, 0.05) is 10.6 Å². The number of hydrogen-bond donors (Lipinski definition) is 1. The van der Waals surface area contributed by atoms with Gasteiger partial charge in [0.15, 0.2) is 0 Å². The molecule has 0 spiro atoms. The Balaban J connectivity index is 1.63. The monoisotopic (exact) mass is 430 g/mol. The molecule has 0 aliphatic heterocycles. The highest BCUT2D eigenvalue weighted by Gasteiger charge is 2.13. The first kappa shape index (κ1) is 20.6. The first-order valence-corrected chi connectivity index (χ1v) is 9.26. The fourth-order valence-electron chi connectivity index (χ4n) is 2.52. The number of benzene rings is 2. The van der Waals surface area contributed by atoms with Gasteiger partial charge in [-0.2, -0.15) is 5.10 Å². The number of esters is 1. The van der Waals surface area contributed by atoms with E-state index in [0.29, 0.717) is 22.1 Å². The molecule has 6 nitrogen and oxygen atoms in total. The summed E-state index contributed by atoms with van der Waals surface area (Å²) >= 11 is 11.8. The lowest BCUT2D eigenvalue weighted by atomic mass is 10.1. The molecule has 0 aliphatic carbocycles. The maximum Gasteiger partial charge on any atom is 0.339 e. The van der Waals surface area contributed by atoms with Crippen molar-refractivity contribution in [2.75, 3.05) is 7.11 Å². The Bertz CT molecular complexity index is 1060. The Labute approximate surface area is 177 Å². The van der Waals surface area contributed by atoms with Gasteiger partial charge >= 0.3 is 5.97 Å².